The van der Waals surface area contributed by atoms with Gasteiger partial charge in [-0.1, -0.05) is 40.0 Å². The van der Waals surface area contributed by atoms with Crippen molar-refractivity contribution in [2.24, 2.45) is 26.8 Å². The molecule has 9 rings (SSSR count). The summed E-state index contributed by atoms with van der Waals surface area (Å²) in [5.41, 5.74) is 16.2. The SMILES string of the molecule is CS(=O)(=O)N=C(N)c1c(F)ccc(OCc2nc(-c3ccc(Cl)cc3)ns2)c1F.I.II.I[I-]I.N/C(=N\O)c1c(F)ccc(OCc2nc(-c3ccc(Cl)cc3)ns2)c1F.N=C(N)c1c(F)ccc(OCc2nc(-c3ccc(Cl)cc3)ns2)c1F.[CH3-].[Pd]. The summed E-state index contributed by atoms with van der Waals surface area (Å²) in [5, 5.41) is 21.7. The van der Waals surface area contributed by atoms with Crippen molar-refractivity contribution in [1.82, 2.24) is 28.1 Å². The van der Waals surface area contributed by atoms with Crippen LogP contribution in [0.3, 0.4) is 0 Å². The Morgan fingerprint density at radius 2 is 0.841 bits per heavy atom. The Kier molecular flexibility index (Phi) is 37.1. The van der Waals surface area contributed by atoms with Crippen LogP contribution in [0.25, 0.3) is 34.2 Å². The van der Waals surface area contributed by atoms with E-state index >= 15 is 0 Å². The summed E-state index contributed by atoms with van der Waals surface area (Å²) in [6.07, 6.45) is 0.754. The zero-order valence-electron chi connectivity index (χ0n) is 44.0. The zero-order valence-corrected chi connectivity index (χ0v) is 64.2. The quantitative estimate of drug-likeness (QED) is 0.00878. The first kappa shape index (κ1) is 81.1. The van der Waals surface area contributed by atoms with E-state index in [0.717, 1.165) is 93.9 Å². The molecule has 6 aromatic carbocycles. The van der Waals surface area contributed by atoms with Gasteiger partial charge in [-0.25, -0.2) is 49.7 Å². The van der Waals surface area contributed by atoms with E-state index in [4.69, 9.17) is 76.8 Å². The Hall–Kier alpha value is -2.95. The number of nitrogens with two attached hydrogens (primary N) is 3. The standard InChI is InChI=1S/C17H13ClF2N4O3S2.C16H11ClF2N4O2S.C16H11ClF2N4OS.CH3.I3.I2.HI.Pd/c1-29(25,26)24-16(21)14-11(19)6-7-12(15(14)20)27-8-13-22-17(23-28-13)9-2-4-10(18)5-3-9;17-9-3-1-8(2-4-9)16-21-12(26-23-16)7-25-11-6-5-10(18)13(14(11)19)15(20)22-24;17-9-3-1-8(2-4-9)16-22-12(25-23-16)7-24-11-6-5-10(18)13(14(11)19)15(20)21;;1-3-2;1-2;;/h2-7H,8H2,1H3,(H2,21,24);1-6,24H,7H2,(H2,20,22);1-6H,7H2,(H3,20,21);1H3;;;1H;/q;;;2*-1;;;. The number of nitrogens with zero attached hydrogens (tertiary/aromatic N) is 8. The van der Waals surface area contributed by atoms with E-state index in [1.54, 1.807) is 72.8 Å². The maximum atomic E-state index is 14.6. The van der Waals surface area contributed by atoms with Gasteiger partial charge in [0.2, 0.25) is 0 Å². The minimum atomic E-state index is -3.94. The van der Waals surface area contributed by atoms with Gasteiger partial charge < -0.3 is 44.0 Å². The average Bonchev–Trinajstić information content (AvgIpc) is 3.34. The molecule has 9 aromatic rings. The Morgan fingerprint density at radius 1 is 0.568 bits per heavy atom. The molecule has 476 valence electrons. The van der Waals surface area contributed by atoms with Gasteiger partial charge in [0.15, 0.2) is 73.0 Å². The number of ether oxygens (including phenoxy) is 3. The van der Waals surface area contributed by atoms with Crippen molar-refractivity contribution in [3.8, 4) is 51.4 Å². The molecule has 3 aromatic heterocycles. The van der Waals surface area contributed by atoms with Gasteiger partial charge in [0, 0.05) is 89.4 Å². The molecule has 3 heterocycles. The molecule has 0 atom stereocenters. The summed E-state index contributed by atoms with van der Waals surface area (Å²) in [6.45, 7) is -0.273. The van der Waals surface area contributed by atoms with Crippen LogP contribution in [0.2, 0.25) is 15.1 Å². The Labute approximate surface area is 610 Å². The Morgan fingerprint density at radius 3 is 1.11 bits per heavy atom. The molecule has 88 heavy (non-hydrogen) atoms. The monoisotopic (exact) mass is 2120 g/mol. The first-order valence-electron chi connectivity index (χ1n) is 22.5. The van der Waals surface area contributed by atoms with Crippen LogP contribution < -0.4 is 44.7 Å². The normalized spacial score (nSPS) is 10.8. The van der Waals surface area contributed by atoms with Crippen LogP contribution in [0, 0.1) is 47.7 Å². The number of oxime groups is 1. The molecule has 8 N–H and O–H groups in total. The van der Waals surface area contributed by atoms with E-state index in [1.165, 1.54) is 0 Å². The van der Waals surface area contributed by atoms with Crippen LogP contribution >= 0.6 is 168 Å². The molecule has 0 aliphatic heterocycles. The van der Waals surface area contributed by atoms with Crippen molar-refractivity contribution >= 4 is 195 Å². The number of hydrogen-bond acceptors (Lipinski definition) is 17. The second-order valence-corrected chi connectivity index (χ2v) is 37.5. The molecule has 0 aliphatic carbocycles. The number of hydrogen-bond donors (Lipinski definition) is 5. The number of nitrogen functional groups attached to an aromatic ring is 1. The molecule has 0 aliphatic rings. The molecule has 0 saturated carbocycles. The molecular formula is C50H39Cl3F6I6N12O6PdS4-2. The first-order chi connectivity index (χ1) is 40.5. The predicted octanol–water partition coefficient (Wildman–Crippen LogP) is 12.8. The minimum absolute atomic E-state index is 0. The molecule has 38 heteroatoms. The van der Waals surface area contributed by atoms with Crippen molar-refractivity contribution in [3.05, 3.63) is 198 Å². The number of amidine groups is 3. The molecule has 0 radical (unpaired) electrons. The van der Waals surface area contributed by atoms with Crippen LogP contribution in [0.4, 0.5) is 26.3 Å². The number of rotatable bonds is 16. The Balaban J connectivity index is 0.000000427. The summed E-state index contributed by atoms with van der Waals surface area (Å²) in [4.78, 5) is 12.9. The summed E-state index contributed by atoms with van der Waals surface area (Å²) in [6, 6.07) is 27.1. The molecule has 0 fully saturated rings. The summed E-state index contributed by atoms with van der Waals surface area (Å²) in [5.74, 6) is -7.77. The maximum absolute atomic E-state index is 14.6. The fourth-order valence-corrected chi connectivity index (χ4v) is 8.99. The number of aromatic nitrogens is 6. The van der Waals surface area contributed by atoms with Gasteiger partial charge in [-0.05, 0) is 144 Å². The number of benzene rings is 6. The van der Waals surface area contributed by atoms with Gasteiger partial charge in [0.05, 0.1) is 22.9 Å². The molecule has 0 saturated heterocycles. The van der Waals surface area contributed by atoms with Crippen LogP contribution in [-0.4, -0.2) is 65.5 Å². The van der Waals surface area contributed by atoms with Crippen LogP contribution in [-0.2, 0) is 50.3 Å². The Bertz CT molecular complexity index is 3920. The maximum Gasteiger partial charge on any atom is 0.179 e. The predicted molar refractivity (Wildman–Crippen MR) is 370 cm³/mol. The number of halogens is 15. The van der Waals surface area contributed by atoms with Crippen molar-refractivity contribution in [1.29, 1.82) is 5.41 Å². The van der Waals surface area contributed by atoms with E-state index in [2.05, 4.69) is 112 Å². The third-order valence-electron chi connectivity index (χ3n) is 10.1. The molecule has 0 spiro atoms. The van der Waals surface area contributed by atoms with Gasteiger partial charge in [0.25, 0.3) is 10.0 Å². The van der Waals surface area contributed by atoms with Crippen molar-refractivity contribution in [2.45, 2.75) is 19.8 Å². The largest absolute Gasteiger partial charge is 0.483 e. The third kappa shape index (κ3) is 24.5. The van der Waals surface area contributed by atoms with Crippen molar-refractivity contribution in [3.63, 3.8) is 0 Å². The molecule has 0 bridgehead atoms. The number of sulfonamides is 1. The van der Waals surface area contributed by atoms with Gasteiger partial charge in [0.1, 0.15) is 48.9 Å². The summed E-state index contributed by atoms with van der Waals surface area (Å²) in [7, 11) is -3.94. The molecule has 0 unspecified atom stereocenters. The van der Waals surface area contributed by atoms with E-state index in [0.29, 0.717) is 60.8 Å². The second-order valence-electron chi connectivity index (χ2n) is 15.8. The van der Waals surface area contributed by atoms with Crippen LogP contribution in [0.15, 0.2) is 119 Å². The zero-order chi connectivity index (χ0) is 62.5. The van der Waals surface area contributed by atoms with Crippen molar-refractivity contribution in [2.75, 3.05) is 6.26 Å². The van der Waals surface area contributed by atoms with E-state index < -0.39 is 79.1 Å². The number of nitrogens with one attached hydrogen (secondary N) is 1. The fourth-order valence-electron chi connectivity index (χ4n) is 6.43. The molecule has 18 nitrogen and oxygen atoms in total. The fraction of sp³-hybridized carbons (Fsp3) is 0.0800. The minimum Gasteiger partial charge on any atom is -0.483 e. The summed E-state index contributed by atoms with van der Waals surface area (Å²) >= 11 is 30.3. The average molecular weight is 2120 g/mol. The van der Waals surface area contributed by atoms with E-state index in [-0.39, 0.29) is 88.9 Å². The van der Waals surface area contributed by atoms with E-state index in [1.807, 2.05) is 0 Å². The molecular weight excluding hydrogens is 2080 g/mol. The first-order valence-corrected chi connectivity index (χ1v) is 46.6. The summed E-state index contributed by atoms with van der Waals surface area (Å²) < 4.78 is 138. The van der Waals surface area contributed by atoms with Gasteiger partial charge in [-0.3, -0.25) is 5.41 Å². The van der Waals surface area contributed by atoms with Gasteiger partial charge in [-0.15, -0.1) is 28.4 Å². The van der Waals surface area contributed by atoms with Gasteiger partial charge >= 0.3 is 50.5 Å². The molecule has 0 amide bonds. The van der Waals surface area contributed by atoms with Crippen LogP contribution in [0.1, 0.15) is 31.7 Å². The smallest absolute Gasteiger partial charge is 0.179 e. The van der Waals surface area contributed by atoms with Gasteiger partial charge in [-0.2, -0.15) is 13.1 Å². The van der Waals surface area contributed by atoms with Crippen molar-refractivity contribution < 1.29 is 87.9 Å². The topological polar surface area (TPSA) is 286 Å². The second kappa shape index (κ2) is 40.2. The van der Waals surface area contributed by atoms with Crippen LogP contribution in [0.5, 0.6) is 17.2 Å². The van der Waals surface area contributed by atoms with E-state index in [9.17, 15) is 34.8 Å². The third-order valence-corrected chi connectivity index (χ3v) is 13.4.